The lowest BCUT2D eigenvalue weighted by molar-refractivity contribution is -0.151. The van der Waals surface area contributed by atoms with E-state index < -0.39 is 5.54 Å². The summed E-state index contributed by atoms with van der Waals surface area (Å²) in [6, 6.07) is 7.47. The molecule has 100 valence electrons. The summed E-state index contributed by atoms with van der Waals surface area (Å²) in [4.78, 5) is 25.8. The van der Waals surface area contributed by atoms with Crippen LogP contribution in [0.1, 0.15) is 25.5 Å². The van der Waals surface area contributed by atoms with Crippen molar-refractivity contribution in [1.29, 1.82) is 0 Å². The number of piperazine rings is 1. The third-order valence-corrected chi connectivity index (χ3v) is 3.61. The molecule has 5 nitrogen and oxygen atoms in total. The molecule has 1 unspecified atom stereocenters. The lowest BCUT2D eigenvalue weighted by Gasteiger charge is -2.40. The van der Waals surface area contributed by atoms with Crippen LogP contribution in [0.15, 0.2) is 24.3 Å². The summed E-state index contributed by atoms with van der Waals surface area (Å²) < 4.78 is 5.59. The molecule has 0 radical (unpaired) electrons. The first-order valence-corrected chi connectivity index (χ1v) is 6.33. The van der Waals surface area contributed by atoms with Crippen molar-refractivity contribution >= 4 is 11.8 Å². The van der Waals surface area contributed by atoms with Crippen LogP contribution in [0.25, 0.3) is 0 Å². The smallest absolute Gasteiger partial charge is 0.248 e. The summed E-state index contributed by atoms with van der Waals surface area (Å²) in [5.41, 5.74) is 0.119. The van der Waals surface area contributed by atoms with Crippen LogP contribution >= 0.6 is 0 Å². The molecule has 1 fully saturated rings. The van der Waals surface area contributed by atoms with Crippen LogP contribution in [-0.2, 0) is 9.59 Å². The van der Waals surface area contributed by atoms with Crippen molar-refractivity contribution in [3.63, 3.8) is 0 Å². The van der Waals surface area contributed by atoms with Crippen molar-refractivity contribution in [2.45, 2.75) is 25.4 Å². The summed E-state index contributed by atoms with van der Waals surface area (Å²) in [5.74, 6) is 0.593. The molecular weight excluding hydrogens is 244 g/mol. The van der Waals surface area contributed by atoms with Gasteiger partial charge in [-0.25, -0.2) is 0 Å². The lowest BCUT2D eigenvalue weighted by atomic mass is 9.97. The minimum absolute atomic E-state index is 0.0718. The van der Waals surface area contributed by atoms with Crippen molar-refractivity contribution < 1.29 is 14.3 Å². The van der Waals surface area contributed by atoms with Crippen LogP contribution in [0, 0.1) is 0 Å². The highest BCUT2D eigenvalue weighted by molar-refractivity contribution is 5.97. The van der Waals surface area contributed by atoms with E-state index in [2.05, 4.69) is 5.32 Å². The quantitative estimate of drug-likeness (QED) is 0.814. The van der Waals surface area contributed by atoms with Crippen LogP contribution in [-0.4, -0.2) is 35.4 Å². The zero-order valence-corrected chi connectivity index (χ0v) is 11.0. The molecule has 2 amide bonds. The SMILES string of the molecule is CC1(C)NC(=O)CN(C2COc3ccccc32)C1=O. The van der Waals surface area contributed by atoms with Gasteiger partial charge in [-0.2, -0.15) is 0 Å². The van der Waals surface area contributed by atoms with E-state index in [1.165, 1.54) is 0 Å². The highest BCUT2D eigenvalue weighted by atomic mass is 16.5. The third kappa shape index (κ3) is 1.85. The lowest BCUT2D eigenvalue weighted by Crippen LogP contribution is -2.64. The third-order valence-electron chi connectivity index (χ3n) is 3.61. The van der Waals surface area contributed by atoms with Crippen LogP contribution in [0.3, 0.4) is 0 Å². The molecule has 5 heteroatoms. The zero-order chi connectivity index (χ0) is 13.6. The van der Waals surface area contributed by atoms with Crippen molar-refractivity contribution in [3.8, 4) is 5.75 Å². The first-order valence-electron chi connectivity index (χ1n) is 6.33. The maximum absolute atomic E-state index is 12.4. The Morgan fingerprint density at radius 1 is 1.32 bits per heavy atom. The Bertz CT molecular complexity index is 553. The molecule has 2 aliphatic rings. The van der Waals surface area contributed by atoms with Gasteiger partial charge in [0, 0.05) is 5.56 Å². The van der Waals surface area contributed by atoms with E-state index >= 15 is 0 Å². The molecule has 1 aromatic rings. The highest BCUT2D eigenvalue weighted by Crippen LogP contribution is 2.37. The number of ether oxygens (including phenoxy) is 1. The van der Waals surface area contributed by atoms with Crippen LogP contribution in [0.2, 0.25) is 0 Å². The molecule has 1 aromatic carbocycles. The Balaban J connectivity index is 1.95. The number of para-hydroxylation sites is 1. The van der Waals surface area contributed by atoms with Gasteiger partial charge in [0.1, 0.15) is 24.4 Å². The maximum atomic E-state index is 12.4. The van der Waals surface area contributed by atoms with Gasteiger partial charge in [-0.1, -0.05) is 18.2 Å². The van der Waals surface area contributed by atoms with Gasteiger partial charge in [-0.3, -0.25) is 9.59 Å². The van der Waals surface area contributed by atoms with Gasteiger partial charge in [-0.05, 0) is 19.9 Å². The van der Waals surface area contributed by atoms with Crippen molar-refractivity contribution in [3.05, 3.63) is 29.8 Å². The van der Waals surface area contributed by atoms with E-state index in [4.69, 9.17) is 4.74 Å². The zero-order valence-electron chi connectivity index (χ0n) is 11.0. The Kier molecular flexibility index (Phi) is 2.52. The molecule has 0 bridgehead atoms. The monoisotopic (exact) mass is 260 g/mol. The van der Waals surface area contributed by atoms with Crippen molar-refractivity contribution in [2.75, 3.05) is 13.2 Å². The Labute approximate surface area is 111 Å². The number of nitrogens with one attached hydrogen (secondary N) is 1. The van der Waals surface area contributed by atoms with Crippen molar-refractivity contribution in [2.24, 2.45) is 0 Å². The molecule has 0 spiro atoms. The normalized spacial score (nSPS) is 24.7. The number of carbonyl (C=O) groups is 2. The van der Waals surface area contributed by atoms with Crippen LogP contribution < -0.4 is 10.1 Å². The summed E-state index contributed by atoms with van der Waals surface area (Å²) >= 11 is 0. The maximum Gasteiger partial charge on any atom is 0.248 e. The molecule has 0 aliphatic carbocycles. The molecule has 2 aliphatic heterocycles. The number of nitrogens with zero attached hydrogens (tertiary/aromatic N) is 1. The van der Waals surface area contributed by atoms with Crippen LogP contribution in [0.5, 0.6) is 5.75 Å². The number of rotatable bonds is 1. The molecular formula is C14H16N2O3. The Morgan fingerprint density at radius 2 is 2.05 bits per heavy atom. The molecule has 1 atom stereocenters. The first kappa shape index (κ1) is 12.0. The Hall–Kier alpha value is -2.04. The number of hydrogen-bond donors (Lipinski definition) is 1. The molecule has 3 rings (SSSR count). The topological polar surface area (TPSA) is 58.6 Å². The molecule has 0 saturated carbocycles. The molecule has 1 N–H and O–H groups in total. The molecule has 2 heterocycles. The van der Waals surface area contributed by atoms with E-state index in [0.29, 0.717) is 6.61 Å². The average molecular weight is 260 g/mol. The fraction of sp³-hybridized carbons (Fsp3) is 0.429. The minimum Gasteiger partial charge on any atom is -0.491 e. The van der Waals surface area contributed by atoms with Gasteiger partial charge in [0.2, 0.25) is 11.8 Å². The minimum atomic E-state index is -0.854. The summed E-state index contributed by atoms with van der Waals surface area (Å²) in [5, 5.41) is 2.71. The average Bonchev–Trinajstić information content (AvgIpc) is 2.77. The second kappa shape index (κ2) is 3.98. The van der Waals surface area contributed by atoms with E-state index in [1.807, 2.05) is 24.3 Å². The molecule has 0 aromatic heterocycles. The largest absolute Gasteiger partial charge is 0.491 e. The van der Waals surface area contributed by atoms with Crippen LogP contribution in [0.4, 0.5) is 0 Å². The number of fused-ring (bicyclic) bond motifs is 1. The first-order chi connectivity index (χ1) is 8.99. The number of amides is 2. The Morgan fingerprint density at radius 3 is 2.84 bits per heavy atom. The van der Waals surface area contributed by atoms with Gasteiger partial charge in [0.15, 0.2) is 0 Å². The van der Waals surface area contributed by atoms with Gasteiger partial charge in [-0.15, -0.1) is 0 Å². The number of carbonyl (C=O) groups excluding carboxylic acids is 2. The second-order valence-corrected chi connectivity index (χ2v) is 5.47. The van der Waals surface area contributed by atoms with E-state index in [-0.39, 0.29) is 24.4 Å². The molecule has 1 saturated heterocycles. The fourth-order valence-corrected chi connectivity index (χ4v) is 2.68. The summed E-state index contributed by atoms with van der Waals surface area (Å²) in [6.07, 6.45) is 0. The van der Waals surface area contributed by atoms with Gasteiger partial charge in [0.05, 0.1) is 6.04 Å². The predicted molar refractivity (Wildman–Crippen MR) is 68.6 cm³/mol. The van der Waals surface area contributed by atoms with Gasteiger partial charge in [0.25, 0.3) is 0 Å². The van der Waals surface area contributed by atoms with Gasteiger partial charge >= 0.3 is 0 Å². The van der Waals surface area contributed by atoms with E-state index in [1.54, 1.807) is 18.7 Å². The second-order valence-electron chi connectivity index (χ2n) is 5.47. The van der Waals surface area contributed by atoms with Gasteiger partial charge < -0.3 is 15.0 Å². The number of hydrogen-bond acceptors (Lipinski definition) is 3. The number of benzene rings is 1. The highest BCUT2D eigenvalue weighted by Gasteiger charge is 2.44. The van der Waals surface area contributed by atoms with Crippen molar-refractivity contribution in [1.82, 2.24) is 10.2 Å². The summed E-state index contributed by atoms with van der Waals surface area (Å²) in [7, 11) is 0. The standard InChI is InChI=1S/C14H16N2O3/c1-14(2)13(18)16(7-12(17)15-14)10-8-19-11-6-4-3-5-9(10)11/h3-6,10H,7-8H2,1-2H3,(H,15,17). The van der Waals surface area contributed by atoms with E-state index in [9.17, 15) is 9.59 Å². The molecule has 19 heavy (non-hydrogen) atoms. The summed E-state index contributed by atoms with van der Waals surface area (Å²) in [6.45, 7) is 3.95. The van der Waals surface area contributed by atoms with E-state index in [0.717, 1.165) is 11.3 Å². The predicted octanol–water partition coefficient (Wildman–Crippen LogP) is 0.857. The fourth-order valence-electron chi connectivity index (χ4n) is 2.68.